The average Bonchev–Trinajstić information content (AvgIpc) is 3.57. The number of carbonyl (C=O) groups excluding carboxylic acids is 2. The summed E-state index contributed by atoms with van der Waals surface area (Å²) >= 11 is 7.39. The fourth-order valence-electron chi connectivity index (χ4n) is 3.55. The third kappa shape index (κ3) is 6.12. The number of nitrogens with one attached hydrogen (secondary N) is 1. The number of nitrogens with zero attached hydrogens (tertiary/aromatic N) is 2. The Hall–Kier alpha value is -2.97. The van der Waals surface area contributed by atoms with Gasteiger partial charge in [-0.05, 0) is 72.7 Å². The molecule has 1 heterocycles. The van der Waals surface area contributed by atoms with Crippen molar-refractivity contribution >= 4 is 40.6 Å². The van der Waals surface area contributed by atoms with Crippen LogP contribution in [0.3, 0.4) is 0 Å². The van der Waals surface area contributed by atoms with Gasteiger partial charge in [0.05, 0.1) is 11.6 Å². The third-order valence-corrected chi connectivity index (χ3v) is 6.96. The van der Waals surface area contributed by atoms with E-state index in [1.54, 1.807) is 28.4 Å². The lowest BCUT2D eigenvalue weighted by atomic mass is 10.2. The summed E-state index contributed by atoms with van der Waals surface area (Å²) in [5.41, 5.74) is 2.24. The van der Waals surface area contributed by atoms with Crippen LogP contribution in [-0.4, -0.2) is 34.3 Å². The minimum Gasteiger partial charge on any atom is -0.332 e. The summed E-state index contributed by atoms with van der Waals surface area (Å²) in [4.78, 5) is 30.6. The molecule has 0 saturated heterocycles. The summed E-state index contributed by atoms with van der Waals surface area (Å²) in [6.07, 6.45) is 1.62. The molecule has 1 aromatic heterocycles. The van der Waals surface area contributed by atoms with Crippen LogP contribution in [0.5, 0.6) is 0 Å². The summed E-state index contributed by atoms with van der Waals surface area (Å²) in [5, 5.41) is 4.59. The molecular weight excluding hydrogens is 480 g/mol. The number of urea groups is 1. The molecule has 1 fully saturated rings. The molecule has 3 amide bonds. The molecule has 9 heteroatoms. The van der Waals surface area contributed by atoms with Gasteiger partial charge in [0.1, 0.15) is 18.2 Å². The minimum atomic E-state index is -0.575. The highest BCUT2D eigenvalue weighted by atomic mass is 35.5. The largest absolute Gasteiger partial charge is 0.332 e. The lowest BCUT2D eigenvalue weighted by Crippen LogP contribution is -2.45. The normalized spacial score (nSPS) is 12.9. The van der Waals surface area contributed by atoms with Crippen molar-refractivity contribution in [3.63, 3.8) is 0 Å². The molecule has 1 aliphatic carbocycles. The van der Waals surface area contributed by atoms with Gasteiger partial charge < -0.3 is 15.1 Å². The van der Waals surface area contributed by atoms with Crippen molar-refractivity contribution in [3.05, 3.63) is 86.6 Å². The van der Waals surface area contributed by atoms with Crippen LogP contribution in [0.2, 0.25) is 5.02 Å². The van der Waals surface area contributed by atoms with Crippen molar-refractivity contribution in [1.29, 1.82) is 0 Å². The van der Waals surface area contributed by atoms with E-state index in [1.807, 2.05) is 18.4 Å². The summed E-state index contributed by atoms with van der Waals surface area (Å²) in [5.74, 6) is -1.13. The standard InChI is InChI=1S/C25H24ClF2N3O2S/c1-16-10-11-34-23(16)14-30(13-17-2-4-18(27)5-3-17)24(32)15-31(20-7-8-20)25(33)29-19-6-9-22(28)21(26)12-19/h2-6,9-12,20H,7-8,13-15H2,1H3,(H,29,33). The van der Waals surface area contributed by atoms with Gasteiger partial charge in [0.25, 0.3) is 0 Å². The van der Waals surface area contributed by atoms with E-state index < -0.39 is 11.8 Å². The number of hydrogen-bond donors (Lipinski definition) is 1. The van der Waals surface area contributed by atoms with E-state index in [0.717, 1.165) is 28.8 Å². The Morgan fingerprint density at radius 2 is 1.82 bits per heavy atom. The van der Waals surface area contributed by atoms with Gasteiger partial charge >= 0.3 is 6.03 Å². The topological polar surface area (TPSA) is 52.7 Å². The first kappa shape index (κ1) is 24.2. The van der Waals surface area contributed by atoms with Crippen molar-refractivity contribution in [2.24, 2.45) is 0 Å². The van der Waals surface area contributed by atoms with Crippen molar-refractivity contribution in [2.45, 2.75) is 38.9 Å². The second-order valence-electron chi connectivity index (χ2n) is 8.32. The summed E-state index contributed by atoms with van der Waals surface area (Å²) in [6.45, 7) is 2.58. The van der Waals surface area contributed by atoms with E-state index in [4.69, 9.17) is 11.6 Å². The van der Waals surface area contributed by atoms with E-state index in [0.29, 0.717) is 18.8 Å². The van der Waals surface area contributed by atoms with Crippen molar-refractivity contribution in [2.75, 3.05) is 11.9 Å². The van der Waals surface area contributed by atoms with E-state index in [2.05, 4.69) is 5.32 Å². The first-order chi connectivity index (χ1) is 16.3. The molecule has 1 aliphatic rings. The fraction of sp³-hybridized carbons (Fsp3) is 0.280. The molecule has 0 aliphatic heterocycles. The Bertz CT molecular complexity index is 1180. The Morgan fingerprint density at radius 1 is 1.09 bits per heavy atom. The first-order valence-corrected chi connectivity index (χ1v) is 12.1. The van der Waals surface area contributed by atoms with Gasteiger partial charge in [-0.1, -0.05) is 23.7 Å². The number of carbonyl (C=O) groups is 2. The Labute approximate surface area is 205 Å². The van der Waals surface area contributed by atoms with E-state index >= 15 is 0 Å². The van der Waals surface area contributed by atoms with Gasteiger partial charge in [0.2, 0.25) is 5.91 Å². The van der Waals surface area contributed by atoms with E-state index in [-0.39, 0.29) is 29.3 Å². The maximum atomic E-state index is 13.5. The quantitative estimate of drug-likeness (QED) is 0.397. The van der Waals surface area contributed by atoms with Gasteiger partial charge in [0, 0.05) is 23.2 Å². The van der Waals surface area contributed by atoms with Crippen LogP contribution in [0.4, 0.5) is 19.3 Å². The van der Waals surface area contributed by atoms with Gasteiger partial charge in [-0.2, -0.15) is 0 Å². The molecule has 2 aromatic carbocycles. The average molecular weight is 504 g/mol. The van der Waals surface area contributed by atoms with Crippen LogP contribution in [-0.2, 0) is 17.9 Å². The molecule has 0 bridgehead atoms. The molecule has 3 aromatic rings. The van der Waals surface area contributed by atoms with Gasteiger partial charge in [-0.3, -0.25) is 4.79 Å². The zero-order valence-electron chi connectivity index (χ0n) is 18.6. The van der Waals surface area contributed by atoms with Gasteiger partial charge in [0.15, 0.2) is 0 Å². The van der Waals surface area contributed by atoms with E-state index in [9.17, 15) is 18.4 Å². The number of benzene rings is 2. The van der Waals surface area contributed by atoms with Crippen LogP contribution >= 0.6 is 22.9 Å². The number of aryl methyl sites for hydroxylation is 1. The Balaban J connectivity index is 1.50. The highest BCUT2D eigenvalue weighted by molar-refractivity contribution is 7.10. The maximum Gasteiger partial charge on any atom is 0.322 e. The predicted octanol–water partition coefficient (Wildman–Crippen LogP) is 6.21. The molecule has 1 saturated carbocycles. The molecule has 1 N–H and O–H groups in total. The van der Waals surface area contributed by atoms with Crippen molar-refractivity contribution < 1.29 is 18.4 Å². The lowest BCUT2D eigenvalue weighted by molar-refractivity contribution is -0.133. The first-order valence-electron chi connectivity index (χ1n) is 10.9. The number of halogens is 3. The molecule has 34 heavy (non-hydrogen) atoms. The number of hydrogen-bond acceptors (Lipinski definition) is 3. The number of thiophene rings is 1. The molecular formula is C25H24ClF2N3O2S. The minimum absolute atomic E-state index is 0.0315. The zero-order chi connectivity index (χ0) is 24.2. The molecule has 5 nitrogen and oxygen atoms in total. The molecule has 0 radical (unpaired) electrons. The van der Waals surface area contributed by atoms with Gasteiger partial charge in [-0.15, -0.1) is 11.3 Å². The van der Waals surface area contributed by atoms with Crippen LogP contribution < -0.4 is 5.32 Å². The molecule has 0 spiro atoms. The Morgan fingerprint density at radius 3 is 2.44 bits per heavy atom. The number of rotatable bonds is 8. The second kappa shape index (κ2) is 10.5. The maximum absolute atomic E-state index is 13.5. The molecule has 0 unspecified atom stereocenters. The van der Waals surface area contributed by atoms with Gasteiger partial charge in [-0.25, -0.2) is 13.6 Å². The molecule has 0 atom stereocenters. The second-order valence-corrected chi connectivity index (χ2v) is 9.73. The monoisotopic (exact) mass is 503 g/mol. The summed E-state index contributed by atoms with van der Waals surface area (Å²) < 4.78 is 26.8. The van der Waals surface area contributed by atoms with Crippen LogP contribution in [0.1, 0.15) is 28.8 Å². The van der Waals surface area contributed by atoms with Crippen molar-refractivity contribution in [3.8, 4) is 0 Å². The number of anilines is 1. The molecule has 178 valence electrons. The summed E-state index contributed by atoms with van der Waals surface area (Å²) in [6, 6.07) is 11.5. The SMILES string of the molecule is Cc1ccsc1CN(Cc1ccc(F)cc1)C(=O)CN(C(=O)Nc1ccc(F)c(Cl)c1)C1CC1. The smallest absolute Gasteiger partial charge is 0.322 e. The zero-order valence-corrected chi connectivity index (χ0v) is 20.1. The highest BCUT2D eigenvalue weighted by Crippen LogP contribution is 2.29. The van der Waals surface area contributed by atoms with Crippen molar-refractivity contribution in [1.82, 2.24) is 9.80 Å². The Kier molecular flexibility index (Phi) is 7.48. The van der Waals surface area contributed by atoms with Crippen LogP contribution in [0, 0.1) is 18.6 Å². The third-order valence-electron chi connectivity index (χ3n) is 5.67. The van der Waals surface area contributed by atoms with E-state index in [1.165, 1.54) is 35.2 Å². The van der Waals surface area contributed by atoms with Crippen LogP contribution in [0.15, 0.2) is 53.9 Å². The summed E-state index contributed by atoms with van der Waals surface area (Å²) in [7, 11) is 0. The fourth-order valence-corrected chi connectivity index (χ4v) is 4.65. The molecule has 4 rings (SSSR count). The highest BCUT2D eigenvalue weighted by Gasteiger charge is 2.35. The van der Waals surface area contributed by atoms with Crippen LogP contribution in [0.25, 0.3) is 0 Å². The number of amides is 3. The predicted molar refractivity (Wildman–Crippen MR) is 130 cm³/mol. The lowest BCUT2D eigenvalue weighted by Gasteiger charge is -2.28.